The Kier molecular flexibility index (Phi) is 8.00. The van der Waals surface area contributed by atoms with E-state index in [9.17, 15) is 9.59 Å². The number of nitrogens with two attached hydrogens (primary N) is 1. The molecular weight excluding hydrogens is 252 g/mol. The van der Waals surface area contributed by atoms with Gasteiger partial charge in [-0.3, -0.25) is 9.59 Å². The van der Waals surface area contributed by atoms with Crippen molar-refractivity contribution in [2.75, 3.05) is 13.1 Å². The molecule has 3 N–H and O–H groups in total. The summed E-state index contributed by atoms with van der Waals surface area (Å²) in [6.07, 6.45) is 1.24. The van der Waals surface area contributed by atoms with Crippen LogP contribution in [-0.4, -0.2) is 24.8 Å². The average Bonchev–Trinajstić information content (AvgIpc) is 2.38. The summed E-state index contributed by atoms with van der Waals surface area (Å²) in [5.74, 6) is -0.0472. The smallest absolute Gasteiger partial charge is 0.251 e. The maximum absolute atomic E-state index is 11.6. The third kappa shape index (κ3) is 4.85. The number of carbonyl (C=O) groups is 2. The summed E-state index contributed by atoms with van der Waals surface area (Å²) in [5, 5.41) is 2.76. The fourth-order valence-corrected chi connectivity index (χ4v) is 1.42. The summed E-state index contributed by atoms with van der Waals surface area (Å²) in [6.45, 7) is 2.95. The van der Waals surface area contributed by atoms with Crippen LogP contribution >= 0.6 is 12.4 Å². The molecule has 0 spiro atoms. The van der Waals surface area contributed by atoms with Crippen LogP contribution in [0.5, 0.6) is 0 Å². The Morgan fingerprint density at radius 3 is 2.22 bits per heavy atom. The third-order valence-electron chi connectivity index (χ3n) is 2.46. The van der Waals surface area contributed by atoms with Crippen LogP contribution in [-0.2, 0) is 0 Å². The predicted molar refractivity (Wildman–Crippen MR) is 74.3 cm³/mol. The minimum Gasteiger partial charge on any atom is -0.352 e. The zero-order chi connectivity index (χ0) is 12.7. The number of rotatable bonds is 6. The molecule has 1 amide bonds. The van der Waals surface area contributed by atoms with Gasteiger partial charge in [0.05, 0.1) is 0 Å². The van der Waals surface area contributed by atoms with Crippen LogP contribution in [0, 0.1) is 0 Å². The maximum atomic E-state index is 11.6. The molecule has 0 saturated heterocycles. The largest absolute Gasteiger partial charge is 0.352 e. The van der Waals surface area contributed by atoms with E-state index in [0.29, 0.717) is 30.6 Å². The third-order valence-corrected chi connectivity index (χ3v) is 2.46. The number of hydrogen-bond donors (Lipinski definition) is 2. The Hall–Kier alpha value is -1.39. The van der Waals surface area contributed by atoms with Crippen LogP contribution in [0.2, 0.25) is 0 Å². The molecule has 0 radical (unpaired) electrons. The van der Waals surface area contributed by atoms with Gasteiger partial charge in [0.2, 0.25) is 0 Å². The minimum atomic E-state index is -0.131. The van der Waals surface area contributed by atoms with E-state index >= 15 is 0 Å². The fourth-order valence-electron chi connectivity index (χ4n) is 1.42. The molecule has 0 aromatic heterocycles. The van der Waals surface area contributed by atoms with Gasteiger partial charge in [0.25, 0.3) is 5.91 Å². The van der Waals surface area contributed by atoms with E-state index in [1.165, 1.54) is 0 Å². The van der Waals surface area contributed by atoms with Crippen LogP contribution in [0.3, 0.4) is 0 Å². The zero-order valence-corrected chi connectivity index (χ0v) is 11.3. The van der Waals surface area contributed by atoms with Crippen LogP contribution in [0.4, 0.5) is 0 Å². The van der Waals surface area contributed by atoms with Crippen molar-refractivity contribution in [3.8, 4) is 0 Å². The number of nitrogens with one attached hydrogen (secondary N) is 1. The van der Waals surface area contributed by atoms with Gasteiger partial charge in [-0.2, -0.15) is 0 Å². The van der Waals surface area contributed by atoms with Crippen molar-refractivity contribution in [2.24, 2.45) is 5.73 Å². The molecule has 0 aliphatic carbocycles. The molecule has 0 aliphatic rings. The molecular formula is C13H19ClN2O2. The molecule has 0 aliphatic heterocycles. The van der Waals surface area contributed by atoms with E-state index < -0.39 is 0 Å². The van der Waals surface area contributed by atoms with Crippen molar-refractivity contribution in [2.45, 2.75) is 19.8 Å². The molecule has 0 fully saturated rings. The van der Waals surface area contributed by atoms with E-state index in [4.69, 9.17) is 5.73 Å². The molecule has 100 valence electrons. The Balaban J connectivity index is 0.00000289. The summed E-state index contributed by atoms with van der Waals surface area (Å²) in [4.78, 5) is 23.0. The van der Waals surface area contributed by atoms with Crippen molar-refractivity contribution in [1.82, 2.24) is 5.32 Å². The molecule has 1 aromatic rings. The molecule has 0 saturated carbocycles. The Morgan fingerprint density at radius 1 is 1.17 bits per heavy atom. The average molecular weight is 271 g/mol. The fraction of sp³-hybridized carbons (Fsp3) is 0.385. The van der Waals surface area contributed by atoms with E-state index in [1.54, 1.807) is 24.3 Å². The van der Waals surface area contributed by atoms with Crippen LogP contribution in [0.1, 0.15) is 40.5 Å². The first-order valence-electron chi connectivity index (χ1n) is 5.80. The lowest BCUT2D eigenvalue weighted by molar-refractivity contribution is 0.0950. The number of ketones is 1. The molecule has 5 heteroatoms. The van der Waals surface area contributed by atoms with Gasteiger partial charge >= 0.3 is 0 Å². The van der Waals surface area contributed by atoms with Crippen molar-refractivity contribution < 1.29 is 9.59 Å². The summed E-state index contributed by atoms with van der Waals surface area (Å²) >= 11 is 0. The second kappa shape index (κ2) is 8.66. The number of halogens is 1. The summed E-state index contributed by atoms with van der Waals surface area (Å²) in [6, 6.07) is 6.70. The highest BCUT2D eigenvalue weighted by Crippen LogP contribution is 2.06. The summed E-state index contributed by atoms with van der Waals surface area (Å²) in [5.41, 5.74) is 6.54. The van der Waals surface area contributed by atoms with Crippen LogP contribution in [0.15, 0.2) is 24.3 Å². The molecule has 4 nitrogen and oxygen atoms in total. The molecule has 0 unspecified atom stereocenters. The topological polar surface area (TPSA) is 72.2 Å². The van der Waals surface area contributed by atoms with E-state index in [0.717, 1.165) is 6.42 Å². The number of benzene rings is 1. The van der Waals surface area contributed by atoms with Crippen molar-refractivity contribution in [3.05, 3.63) is 35.4 Å². The molecule has 18 heavy (non-hydrogen) atoms. The highest BCUT2D eigenvalue weighted by Gasteiger charge is 2.06. The second-order valence-electron chi connectivity index (χ2n) is 3.75. The predicted octanol–water partition coefficient (Wildman–Crippen LogP) is 1.78. The standard InChI is InChI=1S/C13H18N2O2.ClH/c1-2-12(16)10-4-6-11(7-5-10)13(17)15-9-3-8-14;/h4-7H,2-3,8-9,14H2,1H3,(H,15,17);1H. The highest BCUT2D eigenvalue weighted by atomic mass is 35.5. The van der Waals surface area contributed by atoms with Gasteiger partial charge in [-0.05, 0) is 25.1 Å². The molecule has 1 aromatic carbocycles. The monoisotopic (exact) mass is 270 g/mol. The number of amides is 1. The normalized spacial score (nSPS) is 9.44. The Morgan fingerprint density at radius 2 is 1.72 bits per heavy atom. The Bertz CT molecular complexity index is 390. The SMILES string of the molecule is CCC(=O)c1ccc(C(=O)NCCCN)cc1.Cl. The first-order valence-corrected chi connectivity index (χ1v) is 5.80. The second-order valence-corrected chi connectivity index (χ2v) is 3.75. The van der Waals surface area contributed by atoms with Gasteiger partial charge in [-0.25, -0.2) is 0 Å². The molecule has 0 atom stereocenters. The van der Waals surface area contributed by atoms with Gasteiger partial charge in [0.1, 0.15) is 0 Å². The van der Waals surface area contributed by atoms with E-state index in [2.05, 4.69) is 5.32 Å². The molecule has 1 rings (SSSR count). The highest BCUT2D eigenvalue weighted by molar-refractivity contribution is 5.98. The lowest BCUT2D eigenvalue weighted by Crippen LogP contribution is -2.25. The Labute approximate surface area is 113 Å². The summed E-state index contributed by atoms with van der Waals surface area (Å²) < 4.78 is 0. The first kappa shape index (κ1) is 16.6. The quantitative estimate of drug-likeness (QED) is 0.611. The maximum Gasteiger partial charge on any atom is 0.251 e. The number of hydrogen-bond acceptors (Lipinski definition) is 3. The van der Waals surface area contributed by atoms with Crippen LogP contribution < -0.4 is 11.1 Å². The zero-order valence-electron chi connectivity index (χ0n) is 10.4. The van der Waals surface area contributed by atoms with Gasteiger partial charge < -0.3 is 11.1 Å². The van der Waals surface area contributed by atoms with E-state index in [-0.39, 0.29) is 24.1 Å². The van der Waals surface area contributed by atoms with Gasteiger partial charge in [-0.1, -0.05) is 19.1 Å². The number of carbonyl (C=O) groups excluding carboxylic acids is 2. The lowest BCUT2D eigenvalue weighted by atomic mass is 10.1. The van der Waals surface area contributed by atoms with Gasteiger partial charge in [-0.15, -0.1) is 12.4 Å². The van der Waals surface area contributed by atoms with Gasteiger partial charge in [0, 0.05) is 24.1 Å². The van der Waals surface area contributed by atoms with Crippen LogP contribution in [0.25, 0.3) is 0 Å². The van der Waals surface area contributed by atoms with Crippen molar-refractivity contribution in [3.63, 3.8) is 0 Å². The summed E-state index contributed by atoms with van der Waals surface area (Å²) in [7, 11) is 0. The van der Waals surface area contributed by atoms with Crippen molar-refractivity contribution >= 4 is 24.1 Å². The minimum absolute atomic E-state index is 0. The number of Topliss-reactive ketones (excluding diaryl/α,β-unsaturated/α-hetero) is 1. The van der Waals surface area contributed by atoms with E-state index in [1.807, 2.05) is 6.92 Å². The molecule has 0 bridgehead atoms. The lowest BCUT2D eigenvalue weighted by Gasteiger charge is -2.04. The first-order chi connectivity index (χ1) is 8.19. The van der Waals surface area contributed by atoms with Crippen molar-refractivity contribution in [1.29, 1.82) is 0 Å². The van der Waals surface area contributed by atoms with Gasteiger partial charge in [0.15, 0.2) is 5.78 Å². The molecule has 0 heterocycles.